The summed E-state index contributed by atoms with van der Waals surface area (Å²) in [4.78, 5) is 22.9. The molecule has 25 heavy (non-hydrogen) atoms. The summed E-state index contributed by atoms with van der Waals surface area (Å²) in [7, 11) is 1.85. The van der Waals surface area contributed by atoms with Crippen molar-refractivity contribution in [2.24, 2.45) is 0 Å². The zero-order valence-corrected chi connectivity index (χ0v) is 14.8. The minimum Gasteiger partial charge on any atom is -0.334 e. The third-order valence-corrected chi connectivity index (χ3v) is 4.74. The summed E-state index contributed by atoms with van der Waals surface area (Å²) in [5, 5.41) is 0.611. The third-order valence-electron chi connectivity index (χ3n) is 3.88. The van der Waals surface area contributed by atoms with E-state index in [4.69, 9.17) is 0 Å². The Kier molecular flexibility index (Phi) is 5.80. The van der Waals surface area contributed by atoms with Crippen LogP contribution in [0.2, 0.25) is 0 Å². The Balaban J connectivity index is 1.79. The van der Waals surface area contributed by atoms with Crippen molar-refractivity contribution < 1.29 is 4.79 Å². The number of rotatable bonds is 6. The lowest BCUT2D eigenvalue weighted by atomic mass is 9.97. The number of carbonyl (C=O) groups is 1. The fourth-order valence-electron chi connectivity index (χ4n) is 2.64. The van der Waals surface area contributed by atoms with Gasteiger partial charge in [0.15, 0.2) is 5.16 Å². The van der Waals surface area contributed by atoms with Crippen LogP contribution in [0.25, 0.3) is 0 Å². The number of benzene rings is 2. The van der Waals surface area contributed by atoms with E-state index in [1.54, 1.807) is 23.4 Å². The molecule has 0 radical (unpaired) electrons. The summed E-state index contributed by atoms with van der Waals surface area (Å²) < 4.78 is 0. The van der Waals surface area contributed by atoms with Crippen molar-refractivity contribution in [3.8, 4) is 0 Å². The summed E-state index contributed by atoms with van der Waals surface area (Å²) >= 11 is 1.35. The molecule has 0 N–H and O–H groups in total. The molecular formula is C20H19N3OS. The van der Waals surface area contributed by atoms with Crippen LogP contribution in [0.1, 0.15) is 17.2 Å². The average Bonchev–Trinajstić information content (AvgIpc) is 2.69. The smallest absolute Gasteiger partial charge is 0.233 e. The minimum absolute atomic E-state index is 0.0372. The van der Waals surface area contributed by atoms with Gasteiger partial charge >= 0.3 is 0 Å². The lowest BCUT2D eigenvalue weighted by Crippen LogP contribution is -2.33. The second kappa shape index (κ2) is 8.44. The Hall–Kier alpha value is -2.66. The van der Waals surface area contributed by atoms with Crippen LogP contribution in [0.4, 0.5) is 0 Å². The first-order chi connectivity index (χ1) is 12.3. The Morgan fingerprint density at radius 2 is 1.44 bits per heavy atom. The normalized spacial score (nSPS) is 10.6. The van der Waals surface area contributed by atoms with Crippen molar-refractivity contribution in [3.05, 3.63) is 90.3 Å². The van der Waals surface area contributed by atoms with Crippen molar-refractivity contribution >= 4 is 17.7 Å². The van der Waals surface area contributed by atoms with Crippen LogP contribution in [0.5, 0.6) is 0 Å². The van der Waals surface area contributed by atoms with E-state index in [2.05, 4.69) is 34.2 Å². The van der Waals surface area contributed by atoms with E-state index in [1.807, 2.05) is 43.4 Å². The Morgan fingerprint density at radius 3 is 1.96 bits per heavy atom. The molecule has 3 aromatic rings. The maximum Gasteiger partial charge on any atom is 0.233 e. The van der Waals surface area contributed by atoms with Crippen LogP contribution in [-0.4, -0.2) is 33.6 Å². The number of amides is 1. The topological polar surface area (TPSA) is 46.1 Å². The van der Waals surface area contributed by atoms with Gasteiger partial charge in [0.2, 0.25) is 5.91 Å². The summed E-state index contributed by atoms with van der Waals surface area (Å²) in [5.41, 5.74) is 2.18. The molecule has 0 unspecified atom stereocenters. The molecule has 0 fully saturated rings. The molecule has 0 spiro atoms. The second-order valence-electron chi connectivity index (χ2n) is 5.55. The van der Waals surface area contributed by atoms with Gasteiger partial charge in [-0.3, -0.25) is 4.79 Å². The van der Waals surface area contributed by atoms with Gasteiger partial charge in [-0.1, -0.05) is 72.4 Å². The van der Waals surface area contributed by atoms with Crippen molar-refractivity contribution in [2.45, 2.75) is 11.2 Å². The monoisotopic (exact) mass is 349 g/mol. The molecule has 1 aromatic heterocycles. The van der Waals surface area contributed by atoms with Crippen molar-refractivity contribution in [2.75, 3.05) is 12.8 Å². The molecule has 5 heteroatoms. The number of hydrogen-bond acceptors (Lipinski definition) is 4. The zero-order chi connectivity index (χ0) is 17.5. The second-order valence-corrected chi connectivity index (χ2v) is 6.49. The van der Waals surface area contributed by atoms with Gasteiger partial charge in [-0.2, -0.15) is 0 Å². The number of nitrogens with zero attached hydrogens (tertiary/aromatic N) is 3. The number of aromatic nitrogens is 2. The van der Waals surface area contributed by atoms with Crippen molar-refractivity contribution in [3.63, 3.8) is 0 Å². The van der Waals surface area contributed by atoms with Gasteiger partial charge in [0.25, 0.3) is 0 Å². The molecule has 0 aliphatic carbocycles. The van der Waals surface area contributed by atoms with E-state index >= 15 is 0 Å². The maximum absolute atomic E-state index is 12.8. The first-order valence-corrected chi connectivity index (χ1v) is 8.99. The molecular weight excluding hydrogens is 330 g/mol. The molecule has 0 aliphatic heterocycles. The highest BCUT2D eigenvalue weighted by molar-refractivity contribution is 7.99. The van der Waals surface area contributed by atoms with E-state index in [0.717, 1.165) is 11.1 Å². The van der Waals surface area contributed by atoms with Crippen LogP contribution in [0.15, 0.2) is 84.3 Å². The predicted molar refractivity (Wildman–Crippen MR) is 100 cm³/mol. The van der Waals surface area contributed by atoms with Crippen molar-refractivity contribution in [1.82, 2.24) is 14.9 Å². The van der Waals surface area contributed by atoms with Crippen LogP contribution in [0.3, 0.4) is 0 Å². The zero-order valence-electron chi connectivity index (χ0n) is 13.9. The predicted octanol–water partition coefficient (Wildman–Crippen LogP) is 3.82. The quantitative estimate of drug-likeness (QED) is 0.501. The summed E-state index contributed by atoms with van der Waals surface area (Å²) in [5.74, 6) is 0.339. The van der Waals surface area contributed by atoms with Crippen molar-refractivity contribution in [1.29, 1.82) is 0 Å². The lowest BCUT2D eigenvalue weighted by Gasteiger charge is -2.29. The SMILES string of the molecule is CN(C(=O)CSc1ncccn1)C(c1ccccc1)c1ccccc1. The van der Waals surface area contributed by atoms with E-state index in [9.17, 15) is 4.79 Å². The largest absolute Gasteiger partial charge is 0.334 e. The van der Waals surface area contributed by atoms with E-state index < -0.39 is 0 Å². The Morgan fingerprint density at radius 1 is 0.920 bits per heavy atom. The average molecular weight is 349 g/mol. The highest BCUT2D eigenvalue weighted by Crippen LogP contribution is 2.28. The summed E-state index contributed by atoms with van der Waals surface area (Å²) in [6.45, 7) is 0. The molecule has 0 saturated heterocycles. The number of hydrogen-bond donors (Lipinski definition) is 0. The van der Waals surface area contributed by atoms with Gasteiger partial charge in [0.1, 0.15) is 0 Å². The van der Waals surface area contributed by atoms with Crippen LogP contribution in [0, 0.1) is 0 Å². The molecule has 0 bridgehead atoms. The molecule has 1 heterocycles. The fraction of sp³-hybridized carbons (Fsp3) is 0.150. The Bertz CT molecular complexity index is 757. The molecule has 3 rings (SSSR count). The first kappa shape index (κ1) is 17.2. The van der Waals surface area contributed by atoms with Crippen LogP contribution >= 0.6 is 11.8 Å². The molecule has 0 saturated carbocycles. The molecule has 126 valence electrons. The van der Waals surface area contributed by atoms with Gasteiger partial charge in [-0.05, 0) is 17.2 Å². The molecule has 0 atom stereocenters. The maximum atomic E-state index is 12.8. The molecule has 2 aromatic carbocycles. The molecule has 1 amide bonds. The highest BCUT2D eigenvalue weighted by atomic mass is 32.2. The number of carbonyl (C=O) groups excluding carboxylic acids is 1. The van der Waals surface area contributed by atoms with Gasteiger partial charge < -0.3 is 4.90 Å². The van der Waals surface area contributed by atoms with Gasteiger partial charge in [0, 0.05) is 19.4 Å². The van der Waals surface area contributed by atoms with E-state index in [0.29, 0.717) is 10.9 Å². The van der Waals surface area contributed by atoms with Crippen LogP contribution < -0.4 is 0 Å². The van der Waals surface area contributed by atoms with E-state index in [-0.39, 0.29) is 11.9 Å². The standard InChI is InChI=1S/C20H19N3OS/c1-23(18(24)15-25-20-21-13-8-14-22-20)19(16-9-4-2-5-10-16)17-11-6-3-7-12-17/h2-14,19H,15H2,1H3. The summed E-state index contributed by atoms with van der Waals surface area (Å²) in [6.07, 6.45) is 3.36. The molecule has 4 nitrogen and oxygen atoms in total. The molecule has 0 aliphatic rings. The minimum atomic E-state index is -0.118. The van der Waals surface area contributed by atoms with Gasteiger partial charge in [0.05, 0.1) is 11.8 Å². The number of thioether (sulfide) groups is 1. The lowest BCUT2D eigenvalue weighted by molar-refractivity contribution is -0.128. The Labute approximate surface area is 151 Å². The highest BCUT2D eigenvalue weighted by Gasteiger charge is 2.23. The van der Waals surface area contributed by atoms with Gasteiger partial charge in [-0.25, -0.2) is 9.97 Å². The summed E-state index contributed by atoms with van der Waals surface area (Å²) in [6, 6.07) is 21.8. The first-order valence-electron chi connectivity index (χ1n) is 8.01. The fourth-order valence-corrected chi connectivity index (χ4v) is 3.37. The van der Waals surface area contributed by atoms with Gasteiger partial charge in [-0.15, -0.1) is 0 Å². The van der Waals surface area contributed by atoms with E-state index in [1.165, 1.54) is 11.8 Å². The third kappa shape index (κ3) is 4.45. The van der Waals surface area contributed by atoms with Crippen LogP contribution in [-0.2, 0) is 4.79 Å².